The van der Waals surface area contributed by atoms with Crippen LogP contribution in [-0.2, 0) is 4.79 Å². The van der Waals surface area contributed by atoms with Crippen molar-refractivity contribution in [3.8, 4) is 0 Å². The Labute approximate surface area is 101 Å². The molecule has 0 saturated carbocycles. The molecule has 1 amide bonds. The average molecular weight is 248 g/mol. The largest absolute Gasteiger partial charge is 0.340 e. The maximum absolute atomic E-state index is 11.9. The molecule has 1 heterocycles. The molecule has 1 fully saturated rings. The number of hydrogen-bond donors (Lipinski definition) is 1. The molecule has 3 nitrogen and oxygen atoms in total. The van der Waals surface area contributed by atoms with E-state index < -0.39 is 0 Å². The molecular formula is C10H20N2OS2. The van der Waals surface area contributed by atoms with E-state index in [-0.39, 0.29) is 11.9 Å². The third-order valence-corrected chi connectivity index (χ3v) is 4.18. The fraction of sp³-hybridized carbons (Fsp3) is 0.900. The highest BCUT2D eigenvalue weighted by atomic mass is 32.2. The zero-order valence-electron chi connectivity index (χ0n) is 9.28. The molecule has 0 bridgehead atoms. The molecular weight excluding hydrogens is 228 g/mol. The van der Waals surface area contributed by atoms with Crippen LogP contribution in [0.15, 0.2) is 0 Å². The van der Waals surface area contributed by atoms with Crippen LogP contribution in [0.1, 0.15) is 12.8 Å². The summed E-state index contributed by atoms with van der Waals surface area (Å²) in [6.07, 6.45) is 3.94. The number of amides is 1. The quantitative estimate of drug-likeness (QED) is 0.807. The second-order valence-electron chi connectivity index (χ2n) is 3.68. The van der Waals surface area contributed by atoms with Gasteiger partial charge in [0.25, 0.3) is 0 Å². The Kier molecular flexibility index (Phi) is 6.52. The van der Waals surface area contributed by atoms with Crippen molar-refractivity contribution in [3.05, 3.63) is 0 Å². The Morgan fingerprint density at radius 1 is 1.53 bits per heavy atom. The predicted octanol–water partition coefficient (Wildman–Crippen LogP) is 1.03. The predicted molar refractivity (Wildman–Crippen MR) is 69.5 cm³/mol. The van der Waals surface area contributed by atoms with Crippen LogP contribution in [0, 0.1) is 0 Å². The van der Waals surface area contributed by atoms with Crippen LogP contribution in [0.5, 0.6) is 0 Å². The maximum atomic E-state index is 11.9. The minimum atomic E-state index is -0.291. The summed E-state index contributed by atoms with van der Waals surface area (Å²) < 4.78 is 0. The van der Waals surface area contributed by atoms with Gasteiger partial charge in [0.2, 0.25) is 5.91 Å². The molecule has 0 unspecified atom stereocenters. The summed E-state index contributed by atoms with van der Waals surface area (Å²) in [5.74, 6) is 3.34. The molecule has 0 aromatic rings. The number of rotatable bonds is 4. The Hall–Kier alpha value is 0.130. The minimum absolute atomic E-state index is 0.145. The van der Waals surface area contributed by atoms with Crippen LogP contribution in [-0.4, -0.2) is 53.5 Å². The Balaban J connectivity index is 2.35. The highest BCUT2D eigenvalue weighted by molar-refractivity contribution is 7.99. The van der Waals surface area contributed by atoms with Crippen LogP contribution in [0.3, 0.4) is 0 Å². The normalized spacial score (nSPS) is 19.7. The van der Waals surface area contributed by atoms with Crippen molar-refractivity contribution in [3.63, 3.8) is 0 Å². The number of hydrogen-bond acceptors (Lipinski definition) is 4. The fourth-order valence-corrected chi connectivity index (χ4v) is 2.95. The molecule has 1 atom stereocenters. The summed E-state index contributed by atoms with van der Waals surface area (Å²) in [7, 11) is 0. The molecule has 0 radical (unpaired) electrons. The first-order chi connectivity index (χ1) is 7.25. The zero-order chi connectivity index (χ0) is 11.1. The Morgan fingerprint density at radius 3 is 3.07 bits per heavy atom. The van der Waals surface area contributed by atoms with E-state index >= 15 is 0 Å². The smallest absolute Gasteiger partial charge is 0.239 e. The Morgan fingerprint density at radius 2 is 2.33 bits per heavy atom. The second kappa shape index (κ2) is 7.41. The summed E-state index contributed by atoms with van der Waals surface area (Å²) in [5, 5.41) is 0. The highest BCUT2D eigenvalue weighted by Gasteiger charge is 2.21. The molecule has 1 aliphatic heterocycles. The summed E-state index contributed by atoms with van der Waals surface area (Å²) in [6.45, 7) is 1.76. The third-order valence-electron chi connectivity index (χ3n) is 2.48. The molecule has 1 saturated heterocycles. The van der Waals surface area contributed by atoms with Gasteiger partial charge in [-0.25, -0.2) is 0 Å². The molecule has 1 aliphatic rings. The minimum Gasteiger partial charge on any atom is -0.340 e. The third kappa shape index (κ3) is 4.66. The number of carbonyl (C=O) groups is 1. The van der Waals surface area contributed by atoms with E-state index in [9.17, 15) is 4.79 Å². The van der Waals surface area contributed by atoms with E-state index in [2.05, 4.69) is 0 Å². The van der Waals surface area contributed by atoms with Gasteiger partial charge in [0.15, 0.2) is 0 Å². The van der Waals surface area contributed by atoms with Gasteiger partial charge < -0.3 is 10.6 Å². The molecule has 5 heteroatoms. The van der Waals surface area contributed by atoms with Crippen molar-refractivity contribution in [2.45, 2.75) is 18.9 Å². The standard InChI is InChI=1S/C10H20N2OS2/c1-14-7-3-9(11)10(13)12-4-2-6-15-8-5-12/h9H,2-8,11H2,1H3/t9-/m0/s1. The molecule has 0 aromatic heterocycles. The molecule has 2 N–H and O–H groups in total. The summed E-state index contributed by atoms with van der Waals surface area (Å²) in [4.78, 5) is 13.9. The van der Waals surface area contributed by atoms with Crippen LogP contribution < -0.4 is 5.73 Å². The molecule has 0 spiro atoms. The summed E-state index contributed by atoms with van der Waals surface area (Å²) in [5.41, 5.74) is 5.87. The van der Waals surface area contributed by atoms with Gasteiger partial charge in [-0.15, -0.1) is 0 Å². The molecule has 0 aromatic carbocycles. The van der Waals surface area contributed by atoms with Gasteiger partial charge >= 0.3 is 0 Å². The van der Waals surface area contributed by atoms with E-state index in [0.717, 1.165) is 37.4 Å². The van der Waals surface area contributed by atoms with Gasteiger partial charge in [-0.05, 0) is 30.6 Å². The van der Waals surface area contributed by atoms with Gasteiger partial charge in [-0.2, -0.15) is 23.5 Å². The van der Waals surface area contributed by atoms with E-state index in [1.54, 1.807) is 11.8 Å². The van der Waals surface area contributed by atoms with Crippen LogP contribution in [0.25, 0.3) is 0 Å². The average Bonchev–Trinajstić information content (AvgIpc) is 2.53. The summed E-state index contributed by atoms with van der Waals surface area (Å²) in [6, 6.07) is -0.291. The maximum Gasteiger partial charge on any atom is 0.239 e. The van der Waals surface area contributed by atoms with Crippen molar-refractivity contribution < 1.29 is 4.79 Å². The first kappa shape index (κ1) is 13.2. The van der Waals surface area contributed by atoms with Crippen molar-refractivity contribution in [2.75, 3.05) is 36.6 Å². The lowest BCUT2D eigenvalue weighted by molar-refractivity contribution is -0.132. The first-order valence-corrected chi connectivity index (χ1v) is 7.91. The van der Waals surface area contributed by atoms with Gasteiger partial charge in [0, 0.05) is 18.8 Å². The lowest BCUT2D eigenvalue weighted by atomic mass is 10.2. The van der Waals surface area contributed by atoms with E-state index in [4.69, 9.17) is 5.73 Å². The number of nitrogens with two attached hydrogens (primary N) is 1. The lowest BCUT2D eigenvalue weighted by Crippen LogP contribution is -2.44. The molecule has 1 rings (SSSR count). The van der Waals surface area contributed by atoms with Gasteiger partial charge in [-0.1, -0.05) is 0 Å². The topological polar surface area (TPSA) is 46.3 Å². The number of carbonyl (C=O) groups excluding carboxylic acids is 1. The second-order valence-corrected chi connectivity index (χ2v) is 5.89. The molecule has 88 valence electrons. The first-order valence-electron chi connectivity index (χ1n) is 5.36. The molecule has 15 heavy (non-hydrogen) atoms. The zero-order valence-corrected chi connectivity index (χ0v) is 10.9. The van der Waals surface area contributed by atoms with Gasteiger partial charge in [0.1, 0.15) is 0 Å². The monoisotopic (exact) mass is 248 g/mol. The number of nitrogens with zero attached hydrogens (tertiary/aromatic N) is 1. The highest BCUT2D eigenvalue weighted by Crippen LogP contribution is 2.11. The SMILES string of the molecule is CSCC[C@H](N)C(=O)N1CCCSCC1. The number of thioether (sulfide) groups is 2. The van der Waals surface area contributed by atoms with E-state index in [1.807, 2.05) is 22.9 Å². The lowest BCUT2D eigenvalue weighted by Gasteiger charge is -2.23. The van der Waals surface area contributed by atoms with E-state index in [0.29, 0.717) is 0 Å². The Bertz CT molecular complexity index is 194. The van der Waals surface area contributed by atoms with Gasteiger partial charge in [-0.3, -0.25) is 4.79 Å². The van der Waals surface area contributed by atoms with Crippen LogP contribution in [0.2, 0.25) is 0 Å². The van der Waals surface area contributed by atoms with Crippen molar-refractivity contribution in [2.24, 2.45) is 5.73 Å². The summed E-state index contributed by atoms with van der Waals surface area (Å²) >= 11 is 3.67. The van der Waals surface area contributed by atoms with Crippen molar-refractivity contribution >= 4 is 29.4 Å². The van der Waals surface area contributed by atoms with Crippen LogP contribution >= 0.6 is 23.5 Å². The fourth-order valence-electron chi connectivity index (χ4n) is 1.57. The van der Waals surface area contributed by atoms with Crippen LogP contribution in [0.4, 0.5) is 0 Å². The van der Waals surface area contributed by atoms with Crippen molar-refractivity contribution in [1.29, 1.82) is 0 Å². The van der Waals surface area contributed by atoms with Crippen molar-refractivity contribution in [1.82, 2.24) is 4.90 Å². The molecule has 0 aliphatic carbocycles. The van der Waals surface area contributed by atoms with Gasteiger partial charge in [0.05, 0.1) is 6.04 Å². The van der Waals surface area contributed by atoms with E-state index in [1.165, 1.54) is 5.75 Å².